The Labute approximate surface area is 196 Å². The number of benzene rings is 2. The second-order valence-electron chi connectivity index (χ2n) is 8.05. The average Bonchev–Trinajstić information content (AvgIpc) is 3.24. The number of fused-ring (bicyclic) bond motifs is 1. The number of hydrogen-bond donors (Lipinski definition) is 2. The first kappa shape index (κ1) is 22.5. The third-order valence-electron chi connectivity index (χ3n) is 5.35. The summed E-state index contributed by atoms with van der Waals surface area (Å²) in [7, 11) is 3.56. The van der Waals surface area contributed by atoms with Crippen LogP contribution in [0.4, 0.5) is 11.5 Å². The van der Waals surface area contributed by atoms with Gasteiger partial charge in [0.2, 0.25) is 0 Å². The number of carboxylic acid groups (broad SMARTS) is 1. The lowest BCUT2D eigenvalue weighted by molar-refractivity contribution is -0.136. The van der Waals surface area contributed by atoms with E-state index in [1.807, 2.05) is 42.5 Å². The molecule has 0 unspecified atom stereocenters. The number of aromatic nitrogens is 2. The van der Waals surface area contributed by atoms with E-state index in [0.29, 0.717) is 34.9 Å². The van der Waals surface area contributed by atoms with Crippen molar-refractivity contribution < 1.29 is 14.7 Å². The Kier molecular flexibility index (Phi) is 6.42. The molecule has 33 heavy (non-hydrogen) atoms. The van der Waals surface area contributed by atoms with Crippen molar-refractivity contribution in [3.8, 4) is 0 Å². The number of amides is 1. The summed E-state index contributed by atoms with van der Waals surface area (Å²) in [5.74, 6) is -0.176. The van der Waals surface area contributed by atoms with E-state index >= 15 is 0 Å². The van der Waals surface area contributed by atoms with Gasteiger partial charge in [0, 0.05) is 37.3 Å². The van der Waals surface area contributed by atoms with Crippen LogP contribution in [0.15, 0.2) is 48.5 Å². The van der Waals surface area contributed by atoms with Gasteiger partial charge in [-0.2, -0.15) is 0 Å². The highest BCUT2D eigenvalue weighted by Crippen LogP contribution is 2.25. The van der Waals surface area contributed by atoms with Crippen molar-refractivity contribution >= 4 is 41.1 Å². The predicted octanol–water partition coefficient (Wildman–Crippen LogP) is 4.24. The topological polar surface area (TPSA) is 95.4 Å². The minimum atomic E-state index is -0.995. The van der Waals surface area contributed by atoms with Gasteiger partial charge in [-0.1, -0.05) is 42.0 Å². The lowest BCUT2D eigenvalue weighted by Crippen LogP contribution is -2.18. The molecular formula is C25H23ClN4O3. The number of rotatable bonds is 7. The van der Waals surface area contributed by atoms with Crippen LogP contribution in [0.1, 0.15) is 38.4 Å². The SMILES string of the molecule is CN(C)c1nc(Cc2ccc(NC(=O)c3ccc4c(c3)CC=C4)cc2)nc(Cl)c1CC(=O)O. The molecule has 2 aromatic carbocycles. The van der Waals surface area contributed by atoms with Crippen molar-refractivity contribution in [2.45, 2.75) is 19.3 Å². The Morgan fingerprint density at radius 2 is 1.88 bits per heavy atom. The number of anilines is 2. The smallest absolute Gasteiger partial charge is 0.308 e. The van der Waals surface area contributed by atoms with Crippen molar-refractivity contribution in [1.82, 2.24) is 9.97 Å². The quantitative estimate of drug-likeness (QED) is 0.510. The Morgan fingerprint density at radius 3 is 2.58 bits per heavy atom. The average molecular weight is 463 g/mol. The largest absolute Gasteiger partial charge is 0.481 e. The first-order valence-electron chi connectivity index (χ1n) is 10.4. The summed E-state index contributed by atoms with van der Waals surface area (Å²) in [6, 6.07) is 13.2. The van der Waals surface area contributed by atoms with E-state index in [9.17, 15) is 9.59 Å². The first-order chi connectivity index (χ1) is 15.8. The van der Waals surface area contributed by atoms with Crippen molar-refractivity contribution in [2.24, 2.45) is 0 Å². The predicted molar refractivity (Wildman–Crippen MR) is 129 cm³/mol. The molecule has 0 radical (unpaired) electrons. The fourth-order valence-corrected chi connectivity index (χ4v) is 3.98. The number of nitrogens with zero attached hydrogens (tertiary/aromatic N) is 3. The fraction of sp³-hybridized carbons (Fsp3) is 0.200. The zero-order chi connectivity index (χ0) is 23.5. The third kappa shape index (κ3) is 5.21. The van der Waals surface area contributed by atoms with E-state index in [1.165, 1.54) is 0 Å². The molecule has 0 saturated heterocycles. The summed E-state index contributed by atoms with van der Waals surface area (Å²) < 4.78 is 0. The molecular weight excluding hydrogens is 440 g/mol. The standard InChI is InChI=1S/C25H23ClN4O3/c1-30(2)24-20(14-22(31)32)23(26)28-21(29-24)12-15-6-10-19(11-7-15)27-25(33)18-9-8-16-4-3-5-17(16)13-18/h3-4,6-11,13H,5,12,14H2,1-2H3,(H,27,33)(H,31,32). The molecule has 168 valence electrons. The van der Waals surface area contributed by atoms with Crippen LogP contribution < -0.4 is 10.2 Å². The van der Waals surface area contributed by atoms with Crippen LogP contribution in [-0.2, 0) is 24.1 Å². The second kappa shape index (κ2) is 9.42. The molecule has 4 rings (SSSR count). The fourth-order valence-electron chi connectivity index (χ4n) is 3.73. The van der Waals surface area contributed by atoms with E-state index in [2.05, 4.69) is 27.4 Å². The second-order valence-corrected chi connectivity index (χ2v) is 8.40. The van der Waals surface area contributed by atoms with Crippen molar-refractivity contribution in [1.29, 1.82) is 0 Å². The molecule has 1 aliphatic carbocycles. The number of nitrogens with one attached hydrogen (secondary N) is 1. The van der Waals surface area contributed by atoms with Crippen LogP contribution in [0.3, 0.4) is 0 Å². The zero-order valence-electron chi connectivity index (χ0n) is 18.3. The van der Waals surface area contributed by atoms with Gasteiger partial charge in [0.15, 0.2) is 0 Å². The van der Waals surface area contributed by atoms with Gasteiger partial charge >= 0.3 is 5.97 Å². The van der Waals surface area contributed by atoms with Crippen LogP contribution >= 0.6 is 11.6 Å². The van der Waals surface area contributed by atoms with Gasteiger partial charge in [-0.05, 0) is 47.4 Å². The summed E-state index contributed by atoms with van der Waals surface area (Å²) >= 11 is 6.27. The maximum atomic E-state index is 12.6. The first-order valence-corrected chi connectivity index (χ1v) is 10.8. The van der Waals surface area contributed by atoms with Gasteiger partial charge in [0.05, 0.1) is 6.42 Å². The van der Waals surface area contributed by atoms with Gasteiger partial charge < -0.3 is 15.3 Å². The number of carbonyl (C=O) groups excluding carboxylic acids is 1. The Hall–Kier alpha value is -3.71. The maximum Gasteiger partial charge on any atom is 0.308 e. The lowest BCUT2D eigenvalue weighted by Gasteiger charge is -2.17. The van der Waals surface area contributed by atoms with Crippen LogP contribution in [0.25, 0.3) is 6.08 Å². The minimum absolute atomic E-state index is 0.138. The van der Waals surface area contributed by atoms with E-state index in [4.69, 9.17) is 16.7 Å². The highest BCUT2D eigenvalue weighted by Gasteiger charge is 2.18. The molecule has 8 heteroatoms. The number of aliphatic carboxylic acids is 1. The van der Waals surface area contributed by atoms with Crippen molar-refractivity contribution in [3.05, 3.63) is 87.3 Å². The number of carboxylic acids is 1. The molecule has 1 amide bonds. The minimum Gasteiger partial charge on any atom is -0.481 e. The number of hydrogen-bond acceptors (Lipinski definition) is 5. The molecule has 0 fully saturated rings. The van der Waals surface area contributed by atoms with E-state index in [-0.39, 0.29) is 17.5 Å². The molecule has 0 spiro atoms. The molecule has 1 aliphatic rings. The van der Waals surface area contributed by atoms with E-state index in [1.54, 1.807) is 19.0 Å². The molecule has 1 heterocycles. The number of allylic oxidation sites excluding steroid dienone is 1. The van der Waals surface area contributed by atoms with Crippen LogP contribution in [-0.4, -0.2) is 41.0 Å². The molecule has 1 aromatic heterocycles. The van der Waals surface area contributed by atoms with Gasteiger partial charge in [0.1, 0.15) is 16.8 Å². The monoisotopic (exact) mass is 462 g/mol. The normalized spacial score (nSPS) is 11.8. The van der Waals surface area contributed by atoms with Crippen LogP contribution in [0, 0.1) is 0 Å². The number of halogens is 1. The Balaban J connectivity index is 1.46. The van der Waals surface area contributed by atoms with Crippen LogP contribution in [0.5, 0.6) is 0 Å². The molecule has 2 N–H and O–H groups in total. The molecule has 0 aliphatic heterocycles. The van der Waals surface area contributed by atoms with E-state index < -0.39 is 5.97 Å². The highest BCUT2D eigenvalue weighted by molar-refractivity contribution is 6.30. The number of carbonyl (C=O) groups is 2. The third-order valence-corrected chi connectivity index (χ3v) is 5.66. The Bertz CT molecular complexity index is 1250. The van der Waals surface area contributed by atoms with Crippen molar-refractivity contribution in [3.63, 3.8) is 0 Å². The molecule has 0 atom stereocenters. The molecule has 7 nitrogen and oxygen atoms in total. The molecule has 0 bridgehead atoms. The lowest BCUT2D eigenvalue weighted by atomic mass is 10.1. The van der Waals surface area contributed by atoms with E-state index in [0.717, 1.165) is 23.1 Å². The van der Waals surface area contributed by atoms with Crippen LogP contribution in [0.2, 0.25) is 5.15 Å². The summed E-state index contributed by atoms with van der Waals surface area (Å²) in [5, 5.41) is 12.2. The summed E-state index contributed by atoms with van der Waals surface area (Å²) in [5.41, 5.74) is 4.95. The highest BCUT2D eigenvalue weighted by atomic mass is 35.5. The summed E-state index contributed by atoms with van der Waals surface area (Å²) in [6.45, 7) is 0. The van der Waals surface area contributed by atoms with Gasteiger partial charge in [-0.25, -0.2) is 9.97 Å². The molecule has 3 aromatic rings. The molecule has 0 saturated carbocycles. The Morgan fingerprint density at radius 1 is 1.12 bits per heavy atom. The summed E-state index contributed by atoms with van der Waals surface area (Å²) in [4.78, 5) is 34.3. The summed E-state index contributed by atoms with van der Waals surface area (Å²) in [6.07, 6.45) is 5.17. The zero-order valence-corrected chi connectivity index (χ0v) is 19.1. The van der Waals surface area contributed by atoms with Gasteiger partial charge in [0.25, 0.3) is 5.91 Å². The van der Waals surface area contributed by atoms with Gasteiger partial charge in [-0.3, -0.25) is 9.59 Å². The maximum absolute atomic E-state index is 12.6. The van der Waals surface area contributed by atoms with Crippen molar-refractivity contribution in [2.75, 3.05) is 24.3 Å². The van der Waals surface area contributed by atoms with Gasteiger partial charge in [-0.15, -0.1) is 0 Å².